The van der Waals surface area contributed by atoms with Gasteiger partial charge in [0.05, 0.1) is 24.4 Å². The molecular formula is C22H18ClN5O4. The Morgan fingerprint density at radius 1 is 1.03 bits per heavy atom. The summed E-state index contributed by atoms with van der Waals surface area (Å²) < 4.78 is 7.29. The van der Waals surface area contributed by atoms with Crippen molar-refractivity contribution in [2.24, 2.45) is 0 Å². The number of nitrogens with one attached hydrogen (secondary N) is 1. The lowest BCUT2D eigenvalue weighted by Gasteiger charge is -2.13. The number of nitrogens with zero attached hydrogens (tertiary/aromatic N) is 4. The van der Waals surface area contributed by atoms with Gasteiger partial charge in [-0.15, -0.1) is 0 Å². The number of amides is 1. The molecule has 0 fully saturated rings. The lowest BCUT2D eigenvalue weighted by atomic mass is 10.2. The summed E-state index contributed by atoms with van der Waals surface area (Å²) in [6.45, 7) is -0.373. The molecule has 2 heterocycles. The highest BCUT2D eigenvalue weighted by Crippen LogP contribution is 2.20. The Labute approximate surface area is 186 Å². The molecule has 0 atom stereocenters. The van der Waals surface area contributed by atoms with E-state index in [4.69, 9.17) is 16.3 Å². The molecule has 32 heavy (non-hydrogen) atoms. The van der Waals surface area contributed by atoms with Gasteiger partial charge in [0.2, 0.25) is 5.91 Å². The van der Waals surface area contributed by atoms with Crippen LogP contribution in [0.5, 0.6) is 5.75 Å². The number of halogens is 1. The summed E-state index contributed by atoms with van der Waals surface area (Å²) in [6, 6.07) is 13.7. The number of anilines is 1. The number of carbonyl (C=O) groups excluding carboxylic acids is 1. The molecular weight excluding hydrogens is 434 g/mol. The second-order valence-electron chi connectivity index (χ2n) is 6.86. The Morgan fingerprint density at radius 3 is 2.47 bits per heavy atom. The topological polar surface area (TPSA) is 108 Å². The predicted molar refractivity (Wildman–Crippen MR) is 120 cm³/mol. The summed E-state index contributed by atoms with van der Waals surface area (Å²) in [7, 11) is 1.55. The van der Waals surface area contributed by atoms with E-state index in [1.807, 2.05) is 0 Å². The summed E-state index contributed by atoms with van der Waals surface area (Å²) >= 11 is 6.10. The first-order valence-electron chi connectivity index (χ1n) is 9.59. The van der Waals surface area contributed by atoms with Crippen LogP contribution < -0.4 is 21.3 Å². The van der Waals surface area contributed by atoms with Crippen molar-refractivity contribution >= 4 is 34.4 Å². The van der Waals surface area contributed by atoms with Gasteiger partial charge in [-0.3, -0.25) is 18.7 Å². The van der Waals surface area contributed by atoms with Crippen molar-refractivity contribution in [1.82, 2.24) is 19.1 Å². The molecule has 162 valence electrons. The fourth-order valence-corrected chi connectivity index (χ4v) is 3.40. The lowest BCUT2D eigenvalue weighted by Crippen LogP contribution is -2.42. The van der Waals surface area contributed by atoms with E-state index >= 15 is 0 Å². The average molecular weight is 452 g/mol. The van der Waals surface area contributed by atoms with Crippen molar-refractivity contribution in [2.45, 2.75) is 13.1 Å². The molecule has 0 spiro atoms. The summed E-state index contributed by atoms with van der Waals surface area (Å²) in [5.41, 5.74) is -0.117. The Morgan fingerprint density at radius 2 is 1.75 bits per heavy atom. The molecule has 1 amide bonds. The molecule has 4 rings (SSSR count). The summed E-state index contributed by atoms with van der Waals surface area (Å²) in [4.78, 5) is 47.0. The third-order valence-corrected chi connectivity index (χ3v) is 5.12. The number of rotatable bonds is 6. The van der Waals surface area contributed by atoms with Crippen LogP contribution in [0, 0.1) is 0 Å². The third kappa shape index (κ3) is 4.23. The number of hydrogen-bond acceptors (Lipinski definition) is 6. The molecule has 0 aliphatic carbocycles. The van der Waals surface area contributed by atoms with Gasteiger partial charge < -0.3 is 10.1 Å². The highest BCUT2D eigenvalue weighted by Gasteiger charge is 2.18. The average Bonchev–Trinajstić information content (AvgIpc) is 2.81. The minimum atomic E-state index is -0.673. The second kappa shape index (κ2) is 9.03. The van der Waals surface area contributed by atoms with Gasteiger partial charge in [0.25, 0.3) is 5.56 Å². The third-order valence-electron chi connectivity index (χ3n) is 4.79. The first-order valence-corrected chi connectivity index (χ1v) is 9.97. The van der Waals surface area contributed by atoms with Crippen LogP contribution in [0.4, 0.5) is 5.69 Å². The van der Waals surface area contributed by atoms with Crippen LogP contribution in [0.2, 0.25) is 5.02 Å². The summed E-state index contributed by atoms with van der Waals surface area (Å²) in [6.07, 6.45) is 2.72. The van der Waals surface area contributed by atoms with E-state index in [-0.39, 0.29) is 24.3 Å². The van der Waals surface area contributed by atoms with E-state index in [9.17, 15) is 14.4 Å². The van der Waals surface area contributed by atoms with Gasteiger partial charge in [-0.05, 0) is 29.8 Å². The maximum Gasteiger partial charge on any atom is 0.333 e. The first kappa shape index (κ1) is 21.3. The van der Waals surface area contributed by atoms with Crippen LogP contribution in [0.3, 0.4) is 0 Å². The van der Waals surface area contributed by atoms with E-state index in [1.165, 1.54) is 12.4 Å². The molecule has 1 N–H and O–H groups in total. The van der Waals surface area contributed by atoms with Crippen molar-refractivity contribution < 1.29 is 9.53 Å². The number of aromatic nitrogens is 4. The van der Waals surface area contributed by atoms with Crippen LogP contribution in [0.25, 0.3) is 11.2 Å². The van der Waals surface area contributed by atoms with Crippen LogP contribution in [-0.2, 0) is 17.9 Å². The molecule has 0 radical (unpaired) electrons. The van der Waals surface area contributed by atoms with Crippen molar-refractivity contribution in [3.05, 3.63) is 92.3 Å². The molecule has 0 saturated heterocycles. The minimum absolute atomic E-state index is 0.000305. The van der Waals surface area contributed by atoms with E-state index in [0.717, 1.165) is 9.13 Å². The van der Waals surface area contributed by atoms with E-state index < -0.39 is 17.2 Å². The van der Waals surface area contributed by atoms with Crippen LogP contribution in [-0.4, -0.2) is 32.1 Å². The van der Waals surface area contributed by atoms with E-state index in [0.29, 0.717) is 22.0 Å². The number of benzene rings is 2. The fraction of sp³-hybridized carbons (Fsp3) is 0.136. The van der Waals surface area contributed by atoms with Gasteiger partial charge in [0.15, 0.2) is 11.2 Å². The van der Waals surface area contributed by atoms with Crippen molar-refractivity contribution in [3.8, 4) is 5.75 Å². The molecule has 0 bridgehead atoms. The van der Waals surface area contributed by atoms with Gasteiger partial charge in [-0.1, -0.05) is 35.9 Å². The smallest absolute Gasteiger partial charge is 0.333 e. The normalized spacial score (nSPS) is 10.8. The number of hydrogen-bond donors (Lipinski definition) is 1. The maximum absolute atomic E-state index is 13.2. The van der Waals surface area contributed by atoms with E-state index in [1.54, 1.807) is 55.6 Å². The number of carbonyl (C=O) groups is 1. The lowest BCUT2D eigenvalue weighted by molar-refractivity contribution is -0.116. The zero-order chi connectivity index (χ0) is 22.7. The Balaban J connectivity index is 1.74. The zero-order valence-electron chi connectivity index (χ0n) is 17.0. The van der Waals surface area contributed by atoms with Crippen molar-refractivity contribution in [2.75, 3.05) is 12.4 Å². The summed E-state index contributed by atoms with van der Waals surface area (Å²) in [5.74, 6) is 0.154. The van der Waals surface area contributed by atoms with Crippen LogP contribution >= 0.6 is 11.6 Å². The predicted octanol–water partition coefficient (Wildman–Crippen LogP) is 2.30. The molecule has 0 aliphatic rings. The fourth-order valence-electron chi connectivity index (χ4n) is 3.22. The molecule has 4 aromatic rings. The largest absolute Gasteiger partial charge is 0.497 e. The monoisotopic (exact) mass is 451 g/mol. The second-order valence-corrected chi connectivity index (χ2v) is 7.27. The molecule has 2 aromatic carbocycles. The van der Waals surface area contributed by atoms with Crippen LogP contribution in [0.15, 0.2) is 70.5 Å². The highest BCUT2D eigenvalue weighted by molar-refractivity contribution is 6.33. The van der Waals surface area contributed by atoms with Gasteiger partial charge in [-0.2, -0.15) is 0 Å². The quantitative estimate of drug-likeness (QED) is 0.482. The Bertz CT molecular complexity index is 1410. The number of fused-ring (bicyclic) bond motifs is 1. The molecule has 2 aromatic heterocycles. The Hall–Kier alpha value is -3.98. The SMILES string of the molecule is COc1ccc(Cn2c(=O)c3nccnc3n(CC(=O)Nc3ccccc3Cl)c2=O)cc1. The molecule has 9 nitrogen and oxygen atoms in total. The minimum Gasteiger partial charge on any atom is -0.497 e. The molecule has 0 unspecified atom stereocenters. The van der Waals surface area contributed by atoms with Crippen molar-refractivity contribution in [3.63, 3.8) is 0 Å². The number of para-hydroxylation sites is 1. The van der Waals surface area contributed by atoms with Gasteiger partial charge in [-0.25, -0.2) is 14.8 Å². The first-order chi connectivity index (χ1) is 15.5. The highest BCUT2D eigenvalue weighted by atomic mass is 35.5. The van der Waals surface area contributed by atoms with Crippen molar-refractivity contribution in [1.29, 1.82) is 0 Å². The number of methoxy groups -OCH3 is 1. The molecule has 0 aliphatic heterocycles. The number of ether oxygens (including phenoxy) is 1. The zero-order valence-corrected chi connectivity index (χ0v) is 17.7. The molecule has 0 saturated carbocycles. The maximum atomic E-state index is 13.2. The van der Waals surface area contributed by atoms with Gasteiger partial charge in [0.1, 0.15) is 12.3 Å². The van der Waals surface area contributed by atoms with Gasteiger partial charge in [0, 0.05) is 12.4 Å². The van der Waals surface area contributed by atoms with Gasteiger partial charge >= 0.3 is 5.69 Å². The standard InChI is InChI=1S/C22H18ClN5O4/c1-32-15-8-6-14(7-9-15)12-28-21(30)19-20(25-11-10-24-19)27(22(28)31)13-18(29)26-17-5-3-2-4-16(17)23/h2-11H,12-13H2,1H3,(H,26,29). The molecule has 10 heteroatoms. The Kier molecular flexibility index (Phi) is 6.00. The van der Waals surface area contributed by atoms with Crippen LogP contribution in [0.1, 0.15) is 5.56 Å². The van der Waals surface area contributed by atoms with E-state index in [2.05, 4.69) is 15.3 Å². The summed E-state index contributed by atoms with van der Waals surface area (Å²) in [5, 5.41) is 3.03.